The van der Waals surface area contributed by atoms with E-state index in [4.69, 9.17) is 18.9 Å². The zero-order valence-corrected chi connectivity index (χ0v) is 17.5. The average Bonchev–Trinajstić information content (AvgIpc) is 2.60. The van der Waals surface area contributed by atoms with E-state index in [0.717, 1.165) is 13.8 Å². The Labute approximate surface area is 170 Å². The van der Waals surface area contributed by atoms with Crippen LogP contribution in [-0.2, 0) is 33.3 Å². The number of aliphatic hydroxyl groups excluding tert-OH is 1. The van der Waals surface area contributed by atoms with Crippen LogP contribution in [0.5, 0.6) is 0 Å². The number of amides is 1. The Balaban J connectivity index is 5.64. The molecule has 0 spiro atoms. The van der Waals surface area contributed by atoms with Crippen LogP contribution in [0.15, 0.2) is 12.7 Å². The van der Waals surface area contributed by atoms with Gasteiger partial charge in [0.15, 0.2) is 6.10 Å². The number of esters is 3. The summed E-state index contributed by atoms with van der Waals surface area (Å²) in [4.78, 5) is 46.1. The van der Waals surface area contributed by atoms with Gasteiger partial charge in [0.25, 0.3) is 0 Å². The Kier molecular flexibility index (Phi) is 12.3. The molecule has 0 rings (SSSR count). The number of hydrogen-bond acceptors (Lipinski definition) is 9. The molecule has 0 aromatic rings. The van der Waals surface area contributed by atoms with E-state index in [0.29, 0.717) is 0 Å². The van der Waals surface area contributed by atoms with E-state index in [1.54, 1.807) is 13.8 Å². The summed E-state index contributed by atoms with van der Waals surface area (Å²) in [5.41, 5.74) is 0. The van der Waals surface area contributed by atoms with Crippen LogP contribution in [0.1, 0.15) is 34.6 Å². The SMILES string of the molecule is C=CCOC(=O)NCC(C(C)C)C(OC(C)=O)[C@@H](OC(C)=O)C(O)COC(C)=O. The Morgan fingerprint density at radius 3 is 1.97 bits per heavy atom. The minimum Gasteiger partial charge on any atom is -0.463 e. The molecule has 0 saturated carbocycles. The lowest BCUT2D eigenvalue weighted by Crippen LogP contribution is -2.52. The van der Waals surface area contributed by atoms with Gasteiger partial charge in [0, 0.05) is 33.2 Å². The first kappa shape index (κ1) is 26.4. The molecule has 4 atom stereocenters. The highest BCUT2D eigenvalue weighted by atomic mass is 16.6. The van der Waals surface area contributed by atoms with E-state index < -0.39 is 54.8 Å². The number of carbonyl (C=O) groups excluding carboxylic acids is 4. The van der Waals surface area contributed by atoms with Gasteiger partial charge >= 0.3 is 24.0 Å². The van der Waals surface area contributed by atoms with Crippen LogP contribution in [0.4, 0.5) is 4.79 Å². The van der Waals surface area contributed by atoms with E-state index in [1.165, 1.54) is 13.0 Å². The van der Waals surface area contributed by atoms with Crippen LogP contribution in [0.2, 0.25) is 0 Å². The Hall–Kier alpha value is -2.62. The smallest absolute Gasteiger partial charge is 0.407 e. The van der Waals surface area contributed by atoms with Gasteiger partial charge in [-0.2, -0.15) is 0 Å². The van der Waals surface area contributed by atoms with E-state index in [1.807, 2.05) is 0 Å². The summed E-state index contributed by atoms with van der Waals surface area (Å²) in [6, 6.07) is 0. The quantitative estimate of drug-likeness (QED) is 0.270. The molecule has 0 aliphatic heterocycles. The lowest BCUT2D eigenvalue weighted by atomic mass is 9.85. The van der Waals surface area contributed by atoms with Gasteiger partial charge in [-0.3, -0.25) is 14.4 Å². The highest BCUT2D eigenvalue weighted by Gasteiger charge is 2.41. The largest absolute Gasteiger partial charge is 0.463 e. The molecule has 0 radical (unpaired) electrons. The summed E-state index contributed by atoms with van der Waals surface area (Å²) in [7, 11) is 0. The predicted molar refractivity (Wildman–Crippen MR) is 102 cm³/mol. The molecule has 0 aromatic carbocycles. The number of aliphatic hydroxyl groups is 1. The van der Waals surface area contributed by atoms with Crippen LogP contribution in [-0.4, -0.2) is 67.2 Å². The van der Waals surface area contributed by atoms with Crippen LogP contribution >= 0.6 is 0 Å². The van der Waals surface area contributed by atoms with Gasteiger partial charge < -0.3 is 29.4 Å². The molecular weight excluding hydrogens is 386 g/mol. The van der Waals surface area contributed by atoms with Crippen molar-refractivity contribution in [1.82, 2.24) is 5.32 Å². The standard InChI is InChI=1S/C19H31NO9/c1-7-8-26-19(25)20-9-15(11(2)3)17(28-13(5)22)18(29-14(6)23)16(24)10-27-12(4)21/h7,11,15-18,24H,1,8-10H2,2-6H3,(H,20,25)/t15?,16?,17?,18-/m0/s1. The molecule has 2 N–H and O–H groups in total. The van der Waals surface area contributed by atoms with Crippen molar-refractivity contribution in [1.29, 1.82) is 0 Å². The van der Waals surface area contributed by atoms with Crippen molar-refractivity contribution < 1.29 is 43.2 Å². The van der Waals surface area contributed by atoms with Crippen molar-refractivity contribution in [3.63, 3.8) is 0 Å². The molecule has 1 amide bonds. The van der Waals surface area contributed by atoms with Crippen molar-refractivity contribution in [3.8, 4) is 0 Å². The molecular formula is C19H31NO9. The third-order valence-electron chi connectivity index (χ3n) is 3.86. The average molecular weight is 417 g/mol. The molecule has 0 aliphatic rings. The van der Waals surface area contributed by atoms with Gasteiger partial charge in [0.1, 0.15) is 25.4 Å². The number of ether oxygens (including phenoxy) is 4. The molecule has 0 heterocycles. The van der Waals surface area contributed by atoms with Gasteiger partial charge in [-0.15, -0.1) is 0 Å². The van der Waals surface area contributed by atoms with E-state index in [9.17, 15) is 24.3 Å². The van der Waals surface area contributed by atoms with Crippen molar-refractivity contribution in [2.45, 2.75) is 52.9 Å². The van der Waals surface area contributed by atoms with Crippen molar-refractivity contribution in [2.75, 3.05) is 19.8 Å². The molecule has 0 saturated heterocycles. The summed E-state index contributed by atoms with van der Waals surface area (Å²) in [5, 5.41) is 13.0. The first-order valence-electron chi connectivity index (χ1n) is 9.16. The summed E-state index contributed by atoms with van der Waals surface area (Å²) in [6.07, 6.45) is -3.21. The van der Waals surface area contributed by atoms with Crippen LogP contribution in [0.3, 0.4) is 0 Å². The number of rotatable bonds is 12. The fraction of sp³-hybridized carbons (Fsp3) is 0.684. The molecule has 166 valence electrons. The zero-order chi connectivity index (χ0) is 22.6. The van der Waals surface area contributed by atoms with Gasteiger partial charge in [0.05, 0.1) is 0 Å². The highest BCUT2D eigenvalue weighted by molar-refractivity contribution is 5.68. The number of carbonyl (C=O) groups is 4. The summed E-state index contributed by atoms with van der Waals surface area (Å²) in [5.74, 6) is -2.77. The van der Waals surface area contributed by atoms with E-state index >= 15 is 0 Å². The van der Waals surface area contributed by atoms with Crippen LogP contribution < -0.4 is 5.32 Å². The van der Waals surface area contributed by atoms with E-state index in [-0.39, 0.29) is 19.1 Å². The second-order valence-corrected chi connectivity index (χ2v) is 6.69. The second kappa shape index (κ2) is 13.5. The van der Waals surface area contributed by atoms with Gasteiger partial charge in [0.2, 0.25) is 0 Å². The summed E-state index contributed by atoms with van der Waals surface area (Å²) >= 11 is 0. The minimum atomic E-state index is -1.46. The first-order valence-corrected chi connectivity index (χ1v) is 9.16. The highest BCUT2D eigenvalue weighted by Crippen LogP contribution is 2.25. The van der Waals surface area contributed by atoms with Crippen LogP contribution in [0.25, 0.3) is 0 Å². The zero-order valence-electron chi connectivity index (χ0n) is 17.5. The third-order valence-corrected chi connectivity index (χ3v) is 3.86. The fourth-order valence-corrected chi connectivity index (χ4v) is 2.56. The van der Waals surface area contributed by atoms with Crippen LogP contribution in [0, 0.1) is 11.8 Å². The molecule has 29 heavy (non-hydrogen) atoms. The Morgan fingerprint density at radius 2 is 1.52 bits per heavy atom. The third kappa shape index (κ3) is 11.1. The van der Waals surface area contributed by atoms with Gasteiger partial charge in [-0.1, -0.05) is 26.5 Å². The number of alkyl carbamates (subject to hydrolysis) is 1. The first-order chi connectivity index (χ1) is 13.5. The van der Waals surface area contributed by atoms with Gasteiger partial charge in [-0.25, -0.2) is 4.79 Å². The summed E-state index contributed by atoms with van der Waals surface area (Å²) in [6.45, 7) is 10.1. The number of hydrogen-bond donors (Lipinski definition) is 2. The molecule has 10 heteroatoms. The van der Waals surface area contributed by atoms with Crippen molar-refractivity contribution in [2.24, 2.45) is 11.8 Å². The molecule has 0 bridgehead atoms. The molecule has 3 unspecified atom stereocenters. The Bertz CT molecular complexity index is 576. The maximum atomic E-state index is 11.8. The normalized spacial score (nSPS) is 14.7. The second-order valence-electron chi connectivity index (χ2n) is 6.69. The molecule has 0 fully saturated rings. The molecule has 10 nitrogen and oxygen atoms in total. The van der Waals surface area contributed by atoms with Gasteiger partial charge in [-0.05, 0) is 5.92 Å². The monoisotopic (exact) mass is 417 g/mol. The minimum absolute atomic E-state index is 0.00361. The molecule has 0 aromatic heterocycles. The summed E-state index contributed by atoms with van der Waals surface area (Å²) < 4.78 is 20.2. The Morgan fingerprint density at radius 1 is 0.966 bits per heavy atom. The number of nitrogens with one attached hydrogen (secondary N) is 1. The fourth-order valence-electron chi connectivity index (χ4n) is 2.56. The van der Waals surface area contributed by atoms with E-state index in [2.05, 4.69) is 11.9 Å². The van der Waals surface area contributed by atoms with Crippen molar-refractivity contribution >= 4 is 24.0 Å². The topological polar surface area (TPSA) is 137 Å². The predicted octanol–water partition coefficient (Wildman–Crippen LogP) is 0.958. The van der Waals surface area contributed by atoms with Crippen molar-refractivity contribution in [3.05, 3.63) is 12.7 Å². The lowest BCUT2D eigenvalue weighted by Gasteiger charge is -2.36. The molecule has 0 aliphatic carbocycles. The lowest BCUT2D eigenvalue weighted by molar-refractivity contribution is -0.186. The maximum absolute atomic E-state index is 11.8. The maximum Gasteiger partial charge on any atom is 0.407 e.